The van der Waals surface area contributed by atoms with Crippen LogP contribution in [-0.2, 0) is 21.3 Å². The van der Waals surface area contributed by atoms with Crippen molar-refractivity contribution in [2.75, 3.05) is 50.6 Å². The van der Waals surface area contributed by atoms with Gasteiger partial charge in [-0.3, -0.25) is 0 Å². The summed E-state index contributed by atoms with van der Waals surface area (Å²) in [6.45, 7) is 2.13. The zero-order valence-corrected chi connectivity index (χ0v) is 15.7. The van der Waals surface area contributed by atoms with Crippen molar-refractivity contribution in [1.29, 1.82) is 0 Å². The summed E-state index contributed by atoms with van der Waals surface area (Å²) in [5.41, 5.74) is 1.03. The summed E-state index contributed by atoms with van der Waals surface area (Å²) in [7, 11) is 0.362. The highest BCUT2D eigenvalue weighted by Crippen LogP contribution is 2.19. The van der Waals surface area contributed by atoms with Crippen LogP contribution in [0.2, 0.25) is 0 Å². The Morgan fingerprint density at radius 1 is 1.19 bits per heavy atom. The molecule has 1 saturated heterocycles. The van der Waals surface area contributed by atoms with E-state index < -0.39 is 10.0 Å². The molecule has 1 fully saturated rings. The van der Waals surface area contributed by atoms with Crippen molar-refractivity contribution in [2.45, 2.75) is 11.4 Å². The van der Waals surface area contributed by atoms with Gasteiger partial charge in [0.05, 0.1) is 13.2 Å². The summed E-state index contributed by atoms with van der Waals surface area (Å²) >= 11 is 0. The zero-order chi connectivity index (χ0) is 18.6. The molecule has 0 aromatic carbocycles. The molecule has 2 aromatic rings. The van der Waals surface area contributed by atoms with Gasteiger partial charge in [-0.2, -0.15) is 4.31 Å². The van der Waals surface area contributed by atoms with Crippen molar-refractivity contribution in [1.82, 2.24) is 14.3 Å². The number of nitrogens with zero attached hydrogens (tertiary/aromatic N) is 4. The maximum Gasteiger partial charge on any atom is 0.244 e. The van der Waals surface area contributed by atoms with Crippen LogP contribution in [0.15, 0.2) is 41.6 Å². The molecule has 0 bridgehead atoms. The summed E-state index contributed by atoms with van der Waals surface area (Å²) in [6, 6.07) is 7.14. The molecule has 9 heteroatoms. The molecule has 8 nitrogen and oxygen atoms in total. The van der Waals surface area contributed by atoms with Crippen LogP contribution < -0.4 is 10.2 Å². The zero-order valence-electron chi connectivity index (χ0n) is 14.9. The average molecular weight is 377 g/mol. The van der Waals surface area contributed by atoms with E-state index in [9.17, 15) is 8.42 Å². The Morgan fingerprint density at radius 3 is 2.62 bits per heavy atom. The van der Waals surface area contributed by atoms with Crippen molar-refractivity contribution >= 4 is 21.7 Å². The first kappa shape index (κ1) is 18.6. The van der Waals surface area contributed by atoms with Crippen LogP contribution in [0.5, 0.6) is 0 Å². The molecule has 26 heavy (non-hydrogen) atoms. The van der Waals surface area contributed by atoms with Crippen LogP contribution in [-0.4, -0.2) is 63.1 Å². The molecule has 1 aliphatic heterocycles. The predicted octanol–water partition coefficient (Wildman–Crippen LogP) is 1.18. The fourth-order valence-corrected chi connectivity index (χ4v) is 4.08. The van der Waals surface area contributed by atoms with Gasteiger partial charge in [-0.1, -0.05) is 6.07 Å². The van der Waals surface area contributed by atoms with E-state index in [0.29, 0.717) is 38.7 Å². The smallest absolute Gasteiger partial charge is 0.244 e. The first-order valence-corrected chi connectivity index (χ1v) is 9.81. The van der Waals surface area contributed by atoms with Crippen LogP contribution in [0.3, 0.4) is 0 Å². The molecule has 3 rings (SSSR count). The second-order valence-corrected chi connectivity index (χ2v) is 8.07. The fraction of sp³-hybridized carbons (Fsp3) is 0.412. The third-order valence-electron chi connectivity index (χ3n) is 4.10. The van der Waals surface area contributed by atoms with E-state index in [1.807, 2.05) is 31.1 Å². The van der Waals surface area contributed by atoms with E-state index in [0.717, 1.165) is 11.4 Å². The number of hydrogen-bond donors (Lipinski definition) is 1. The molecule has 0 atom stereocenters. The van der Waals surface area contributed by atoms with Crippen LogP contribution in [0.25, 0.3) is 0 Å². The van der Waals surface area contributed by atoms with Gasteiger partial charge in [0.2, 0.25) is 10.0 Å². The highest BCUT2D eigenvalue weighted by atomic mass is 32.2. The first-order valence-electron chi connectivity index (χ1n) is 8.37. The minimum absolute atomic E-state index is 0.195. The van der Waals surface area contributed by atoms with Gasteiger partial charge in [-0.25, -0.2) is 18.4 Å². The number of anilines is 2. The lowest BCUT2D eigenvalue weighted by Crippen LogP contribution is -2.40. The Hall–Kier alpha value is -2.23. The number of aromatic nitrogens is 2. The van der Waals surface area contributed by atoms with E-state index in [1.54, 1.807) is 18.3 Å². The fourth-order valence-electron chi connectivity index (χ4n) is 2.73. The van der Waals surface area contributed by atoms with Crippen molar-refractivity contribution in [3.05, 3.63) is 42.2 Å². The normalized spacial score (nSPS) is 15.6. The molecule has 0 spiro atoms. The summed E-state index contributed by atoms with van der Waals surface area (Å²) in [5, 5.41) is 3.21. The van der Waals surface area contributed by atoms with Crippen molar-refractivity contribution < 1.29 is 13.2 Å². The lowest BCUT2D eigenvalue weighted by Gasteiger charge is -2.25. The topological polar surface area (TPSA) is 87.7 Å². The van der Waals surface area contributed by atoms with E-state index >= 15 is 0 Å². The van der Waals surface area contributed by atoms with Gasteiger partial charge in [-0.05, 0) is 18.2 Å². The van der Waals surface area contributed by atoms with Crippen molar-refractivity contribution in [3.63, 3.8) is 0 Å². The van der Waals surface area contributed by atoms with Gasteiger partial charge in [0, 0.05) is 51.7 Å². The van der Waals surface area contributed by atoms with E-state index in [4.69, 9.17) is 4.74 Å². The molecule has 0 amide bonds. The lowest BCUT2D eigenvalue weighted by atomic mass is 10.2. The van der Waals surface area contributed by atoms with Crippen molar-refractivity contribution in [2.24, 2.45) is 0 Å². The highest BCUT2D eigenvalue weighted by molar-refractivity contribution is 7.89. The van der Waals surface area contributed by atoms with Crippen LogP contribution >= 0.6 is 0 Å². The van der Waals surface area contributed by atoms with E-state index in [-0.39, 0.29) is 4.90 Å². The predicted molar refractivity (Wildman–Crippen MR) is 99.7 cm³/mol. The number of ether oxygens (including phenoxy) is 1. The van der Waals surface area contributed by atoms with E-state index in [1.165, 1.54) is 10.5 Å². The maximum absolute atomic E-state index is 12.6. The summed E-state index contributed by atoms with van der Waals surface area (Å²) < 4.78 is 31.8. The first-order chi connectivity index (χ1) is 12.5. The minimum Gasteiger partial charge on any atom is -0.379 e. The number of pyridine rings is 2. The summed E-state index contributed by atoms with van der Waals surface area (Å²) in [6.07, 6.45) is 3.14. The van der Waals surface area contributed by atoms with Gasteiger partial charge in [0.15, 0.2) is 0 Å². The number of nitrogens with one attached hydrogen (secondary N) is 1. The number of hydrogen-bond acceptors (Lipinski definition) is 7. The molecular weight excluding hydrogens is 354 g/mol. The van der Waals surface area contributed by atoms with Crippen LogP contribution in [0.4, 0.5) is 11.6 Å². The number of sulfonamides is 1. The third-order valence-corrected chi connectivity index (χ3v) is 5.98. The SMILES string of the molecule is CN(C)c1ncccc1CNc1ccc(S(=O)(=O)N2CCOCC2)cn1. The lowest BCUT2D eigenvalue weighted by molar-refractivity contribution is 0.0730. The molecule has 0 aliphatic carbocycles. The highest BCUT2D eigenvalue weighted by Gasteiger charge is 2.26. The van der Waals surface area contributed by atoms with E-state index in [2.05, 4.69) is 15.3 Å². The van der Waals surface area contributed by atoms with Crippen LogP contribution in [0, 0.1) is 0 Å². The molecule has 0 unspecified atom stereocenters. The molecule has 3 heterocycles. The maximum atomic E-state index is 12.6. The van der Waals surface area contributed by atoms with Gasteiger partial charge >= 0.3 is 0 Å². The third kappa shape index (κ3) is 4.12. The second kappa shape index (κ2) is 7.98. The molecule has 1 aliphatic rings. The Kier molecular flexibility index (Phi) is 5.70. The van der Waals surface area contributed by atoms with Crippen LogP contribution in [0.1, 0.15) is 5.56 Å². The van der Waals surface area contributed by atoms with Gasteiger partial charge in [-0.15, -0.1) is 0 Å². The van der Waals surface area contributed by atoms with Crippen molar-refractivity contribution in [3.8, 4) is 0 Å². The minimum atomic E-state index is -3.52. The summed E-state index contributed by atoms with van der Waals surface area (Å²) in [4.78, 5) is 10.7. The van der Waals surface area contributed by atoms with Gasteiger partial charge in [0.25, 0.3) is 0 Å². The molecule has 0 radical (unpaired) electrons. The number of morpholine rings is 1. The molecule has 0 saturated carbocycles. The molecular formula is C17H23N5O3S. The quantitative estimate of drug-likeness (QED) is 0.809. The molecule has 1 N–H and O–H groups in total. The largest absolute Gasteiger partial charge is 0.379 e. The second-order valence-electron chi connectivity index (χ2n) is 6.13. The Bertz CT molecular complexity index is 834. The monoisotopic (exact) mass is 377 g/mol. The Balaban J connectivity index is 1.68. The standard InChI is InChI=1S/C17H23N5O3S/c1-21(2)17-14(4-3-7-18-17)12-19-16-6-5-15(13-20-16)26(23,24)22-8-10-25-11-9-22/h3-7,13H,8-12H2,1-2H3,(H,19,20). The summed E-state index contributed by atoms with van der Waals surface area (Å²) in [5.74, 6) is 1.49. The average Bonchev–Trinajstić information content (AvgIpc) is 2.67. The molecule has 2 aromatic heterocycles. The number of rotatable bonds is 6. The Labute approximate surface area is 153 Å². The molecule has 140 valence electrons. The van der Waals surface area contributed by atoms with Gasteiger partial charge < -0.3 is 15.0 Å². The Morgan fingerprint density at radius 2 is 1.96 bits per heavy atom. The van der Waals surface area contributed by atoms with Gasteiger partial charge in [0.1, 0.15) is 16.5 Å².